The molecular weight excluding hydrogens is 210 g/mol. The van der Waals surface area contributed by atoms with Gasteiger partial charge in [0.2, 0.25) is 0 Å². The fourth-order valence-electron chi connectivity index (χ4n) is 2.65. The Hall–Kier alpha value is -1.09. The van der Waals surface area contributed by atoms with Crippen LogP contribution in [0.3, 0.4) is 0 Å². The third-order valence-electron chi connectivity index (χ3n) is 3.73. The standard InChI is InChI=1S/C14H23N3/c1-17(13-6-4-2-3-5-7-13)11-12-8-9-14(15)16-10-12/h8-10,13H,2-7,11H2,1H3,(H2,15,16). The van der Waals surface area contributed by atoms with E-state index >= 15 is 0 Å². The second-order valence-electron chi connectivity index (χ2n) is 5.15. The number of pyridine rings is 1. The summed E-state index contributed by atoms with van der Waals surface area (Å²) < 4.78 is 0. The Kier molecular flexibility index (Phi) is 4.37. The van der Waals surface area contributed by atoms with E-state index in [4.69, 9.17) is 5.73 Å². The summed E-state index contributed by atoms with van der Waals surface area (Å²) in [6.07, 6.45) is 10.2. The molecule has 0 atom stereocenters. The maximum atomic E-state index is 5.60. The maximum absolute atomic E-state index is 5.60. The SMILES string of the molecule is CN(Cc1ccc(N)nc1)C1CCCCCC1. The van der Waals surface area contributed by atoms with Crippen LogP contribution < -0.4 is 5.73 Å². The van der Waals surface area contributed by atoms with Gasteiger partial charge in [0, 0.05) is 18.8 Å². The first kappa shape index (κ1) is 12.4. The van der Waals surface area contributed by atoms with Crippen molar-refractivity contribution in [2.75, 3.05) is 12.8 Å². The number of hydrogen-bond donors (Lipinski definition) is 1. The zero-order chi connectivity index (χ0) is 12.1. The summed E-state index contributed by atoms with van der Waals surface area (Å²) in [5.74, 6) is 0.603. The Morgan fingerprint density at radius 1 is 1.24 bits per heavy atom. The largest absolute Gasteiger partial charge is 0.384 e. The van der Waals surface area contributed by atoms with Crippen molar-refractivity contribution in [3.8, 4) is 0 Å². The van der Waals surface area contributed by atoms with E-state index in [0.29, 0.717) is 5.82 Å². The second kappa shape index (κ2) is 6.01. The molecular formula is C14H23N3. The fourth-order valence-corrected chi connectivity index (χ4v) is 2.65. The summed E-state index contributed by atoms with van der Waals surface area (Å²) in [6.45, 7) is 0.984. The van der Waals surface area contributed by atoms with Gasteiger partial charge in [-0.1, -0.05) is 31.7 Å². The third-order valence-corrected chi connectivity index (χ3v) is 3.73. The molecule has 0 saturated heterocycles. The van der Waals surface area contributed by atoms with Gasteiger partial charge in [-0.3, -0.25) is 4.90 Å². The van der Waals surface area contributed by atoms with Crippen molar-refractivity contribution in [1.29, 1.82) is 0 Å². The molecule has 2 N–H and O–H groups in total. The van der Waals surface area contributed by atoms with E-state index in [1.54, 1.807) is 0 Å². The number of hydrogen-bond acceptors (Lipinski definition) is 3. The molecule has 1 heterocycles. The minimum atomic E-state index is 0.603. The molecule has 0 bridgehead atoms. The highest BCUT2D eigenvalue weighted by molar-refractivity contribution is 5.29. The van der Waals surface area contributed by atoms with E-state index in [9.17, 15) is 0 Å². The first-order valence-electron chi connectivity index (χ1n) is 6.66. The number of nitrogens with two attached hydrogens (primary N) is 1. The van der Waals surface area contributed by atoms with Gasteiger partial charge in [0.15, 0.2) is 0 Å². The minimum Gasteiger partial charge on any atom is -0.384 e. The van der Waals surface area contributed by atoms with Crippen molar-refractivity contribution in [3.63, 3.8) is 0 Å². The van der Waals surface area contributed by atoms with Gasteiger partial charge in [-0.15, -0.1) is 0 Å². The Bertz CT molecular complexity index is 326. The highest BCUT2D eigenvalue weighted by Gasteiger charge is 2.16. The van der Waals surface area contributed by atoms with Gasteiger partial charge in [-0.25, -0.2) is 4.98 Å². The number of rotatable bonds is 3. The van der Waals surface area contributed by atoms with Crippen LogP contribution in [0.5, 0.6) is 0 Å². The summed E-state index contributed by atoms with van der Waals surface area (Å²) in [4.78, 5) is 6.62. The zero-order valence-corrected chi connectivity index (χ0v) is 10.7. The lowest BCUT2D eigenvalue weighted by atomic mass is 10.1. The average Bonchev–Trinajstić information content (AvgIpc) is 2.61. The number of aromatic nitrogens is 1. The molecule has 1 saturated carbocycles. The Balaban J connectivity index is 1.90. The lowest BCUT2D eigenvalue weighted by Gasteiger charge is -2.26. The molecule has 0 aromatic carbocycles. The average molecular weight is 233 g/mol. The topological polar surface area (TPSA) is 42.1 Å². The molecule has 0 amide bonds. The summed E-state index contributed by atoms with van der Waals surface area (Å²) in [6, 6.07) is 4.71. The smallest absolute Gasteiger partial charge is 0.123 e. The van der Waals surface area contributed by atoms with Crippen molar-refractivity contribution in [2.24, 2.45) is 0 Å². The predicted molar refractivity (Wildman–Crippen MR) is 71.6 cm³/mol. The third kappa shape index (κ3) is 3.70. The van der Waals surface area contributed by atoms with Crippen molar-refractivity contribution in [3.05, 3.63) is 23.9 Å². The van der Waals surface area contributed by atoms with E-state index in [1.165, 1.54) is 44.1 Å². The normalized spacial score (nSPS) is 18.2. The van der Waals surface area contributed by atoms with Crippen LogP contribution in [0.2, 0.25) is 0 Å². The summed E-state index contributed by atoms with van der Waals surface area (Å²) in [5, 5.41) is 0. The molecule has 94 valence electrons. The Morgan fingerprint density at radius 2 is 1.94 bits per heavy atom. The van der Waals surface area contributed by atoms with Gasteiger partial charge in [0.1, 0.15) is 5.82 Å². The van der Waals surface area contributed by atoms with E-state index in [1.807, 2.05) is 12.3 Å². The van der Waals surface area contributed by atoms with E-state index in [0.717, 1.165) is 12.6 Å². The molecule has 1 aliphatic carbocycles. The van der Waals surface area contributed by atoms with E-state index in [2.05, 4.69) is 23.0 Å². The van der Waals surface area contributed by atoms with Gasteiger partial charge in [-0.2, -0.15) is 0 Å². The minimum absolute atomic E-state index is 0.603. The number of nitrogen functional groups attached to an aromatic ring is 1. The lowest BCUT2D eigenvalue weighted by molar-refractivity contribution is 0.213. The summed E-state index contributed by atoms with van der Waals surface area (Å²) in [7, 11) is 2.23. The van der Waals surface area contributed by atoms with Gasteiger partial charge in [0.05, 0.1) is 0 Å². The molecule has 0 unspecified atom stereocenters. The number of anilines is 1. The quantitative estimate of drug-likeness (QED) is 0.816. The molecule has 3 heteroatoms. The van der Waals surface area contributed by atoms with Gasteiger partial charge in [-0.05, 0) is 31.5 Å². The Morgan fingerprint density at radius 3 is 2.53 bits per heavy atom. The first-order chi connectivity index (χ1) is 8.25. The molecule has 1 aliphatic rings. The second-order valence-corrected chi connectivity index (χ2v) is 5.15. The molecule has 2 rings (SSSR count). The van der Waals surface area contributed by atoms with Crippen LogP contribution in [0.25, 0.3) is 0 Å². The molecule has 1 fully saturated rings. The van der Waals surface area contributed by atoms with Crippen molar-refractivity contribution in [2.45, 2.75) is 51.1 Å². The maximum Gasteiger partial charge on any atom is 0.123 e. The Labute approximate surface area is 104 Å². The van der Waals surface area contributed by atoms with E-state index in [-0.39, 0.29) is 0 Å². The molecule has 0 spiro atoms. The number of nitrogens with zero attached hydrogens (tertiary/aromatic N) is 2. The van der Waals surface area contributed by atoms with E-state index < -0.39 is 0 Å². The lowest BCUT2D eigenvalue weighted by Crippen LogP contribution is -2.30. The monoisotopic (exact) mass is 233 g/mol. The summed E-state index contributed by atoms with van der Waals surface area (Å²) >= 11 is 0. The molecule has 0 aliphatic heterocycles. The van der Waals surface area contributed by atoms with Crippen LogP contribution in [0.1, 0.15) is 44.1 Å². The highest BCUT2D eigenvalue weighted by atomic mass is 15.1. The van der Waals surface area contributed by atoms with Gasteiger partial charge < -0.3 is 5.73 Å². The van der Waals surface area contributed by atoms with Crippen LogP contribution in [0.15, 0.2) is 18.3 Å². The molecule has 1 aromatic rings. The van der Waals surface area contributed by atoms with Crippen LogP contribution >= 0.6 is 0 Å². The van der Waals surface area contributed by atoms with Crippen molar-refractivity contribution < 1.29 is 0 Å². The van der Waals surface area contributed by atoms with Crippen LogP contribution in [-0.4, -0.2) is 23.0 Å². The van der Waals surface area contributed by atoms with Crippen molar-refractivity contribution >= 4 is 5.82 Å². The molecule has 3 nitrogen and oxygen atoms in total. The fraction of sp³-hybridized carbons (Fsp3) is 0.643. The summed E-state index contributed by atoms with van der Waals surface area (Å²) in [5.41, 5.74) is 6.85. The zero-order valence-electron chi connectivity index (χ0n) is 10.7. The van der Waals surface area contributed by atoms with Gasteiger partial charge in [0.25, 0.3) is 0 Å². The molecule has 1 aromatic heterocycles. The van der Waals surface area contributed by atoms with Crippen molar-refractivity contribution in [1.82, 2.24) is 9.88 Å². The van der Waals surface area contributed by atoms with Gasteiger partial charge >= 0.3 is 0 Å². The molecule has 0 radical (unpaired) electrons. The van der Waals surface area contributed by atoms with Crippen LogP contribution in [0, 0.1) is 0 Å². The highest BCUT2D eigenvalue weighted by Crippen LogP contribution is 2.22. The van der Waals surface area contributed by atoms with Crippen LogP contribution in [-0.2, 0) is 6.54 Å². The molecule has 17 heavy (non-hydrogen) atoms. The first-order valence-corrected chi connectivity index (χ1v) is 6.66. The van der Waals surface area contributed by atoms with Crippen LogP contribution in [0.4, 0.5) is 5.82 Å². The predicted octanol–water partition coefficient (Wildman–Crippen LogP) is 2.82.